The zero-order valence-corrected chi connectivity index (χ0v) is 13.0. The fraction of sp³-hybridized carbons (Fsp3) is 0. The molecule has 0 spiro atoms. The van der Waals surface area contributed by atoms with Crippen molar-refractivity contribution in [1.29, 1.82) is 0 Å². The summed E-state index contributed by atoms with van der Waals surface area (Å²) in [4.78, 5) is 8.10. The summed E-state index contributed by atoms with van der Waals surface area (Å²) < 4.78 is 4.15. The minimum absolute atomic E-state index is 1.10. The lowest BCUT2D eigenvalue weighted by Gasteiger charge is -2.01. The number of aromatic nitrogens is 4. The third-order valence-corrected chi connectivity index (χ3v) is 3.91. The molecule has 114 valence electrons. The topological polar surface area (TPSA) is 33.5 Å². The van der Waals surface area contributed by atoms with Crippen molar-refractivity contribution in [3.05, 3.63) is 98.1 Å². The third-order valence-electron chi connectivity index (χ3n) is 3.91. The Labute approximate surface area is 140 Å². The van der Waals surface area contributed by atoms with Crippen LogP contribution in [0, 0.1) is 0 Å². The first-order chi connectivity index (χ1) is 11.9. The number of hydrogen-bond acceptors (Lipinski definition) is 2. The van der Waals surface area contributed by atoms with Gasteiger partial charge >= 0.3 is 0 Å². The summed E-state index contributed by atoms with van der Waals surface area (Å²) in [7, 11) is 0. The number of nitrogens with zero attached hydrogens (tertiary/aromatic N) is 4. The highest BCUT2D eigenvalue weighted by atomic mass is 14.9. The van der Waals surface area contributed by atoms with E-state index in [9.17, 15) is 0 Å². The lowest BCUT2D eigenvalue weighted by atomic mass is 10.1. The molecule has 0 aliphatic rings. The molecular formula is C20H16N4+2. The van der Waals surface area contributed by atoms with Gasteiger partial charge in [0.05, 0.1) is 0 Å². The Balaban J connectivity index is 1.60. The van der Waals surface area contributed by atoms with E-state index < -0.39 is 0 Å². The maximum atomic E-state index is 4.05. The maximum absolute atomic E-state index is 4.05. The third kappa shape index (κ3) is 2.90. The zero-order chi connectivity index (χ0) is 16.2. The Hall–Kier alpha value is -3.40. The first kappa shape index (κ1) is 14.2. The SMILES string of the molecule is c1cc(-[n+]2ccc(-c3cc[n+](-c4ccncc4)cc3)cc2)ccn1. The zero-order valence-electron chi connectivity index (χ0n) is 13.0. The van der Waals surface area contributed by atoms with Crippen LogP contribution in [0.15, 0.2) is 98.1 Å². The predicted molar refractivity (Wildman–Crippen MR) is 90.5 cm³/mol. The molecule has 0 atom stereocenters. The van der Waals surface area contributed by atoms with Crippen LogP contribution in [0.1, 0.15) is 0 Å². The fourth-order valence-corrected chi connectivity index (χ4v) is 2.61. The highest BCUT2D eigenvalue weighted by Crippen LogP contribution is 2.16. The minimum atomic E-state index is 1.10. The molecule has 0 unspecified atom stereocenters. The molecule has 0 radical (unpaired) electrons. The molecule has 4 aromatic rings. The number of pyridine rings is 4. The monoisotopic (exact) mass is 312 g/mol. The molecule has 0 saturated carbocycles. The predicted octanol–water partition coefficient (Wildman–Crippen LogP) is 2.70. The van der Waals surface area contributed by atoms with Crippen molar-refractivity contribution in [2.45, 2.75) is 0 Å². The Morgan fingerprint density at radius 3 is 1.12 bits per heavy atom. The summed E-state index contributed by atoms with van der Waals surface area (Å²) in [5.41, 5.74) is 4.56. The van der Waals surface area contributed by atoms with Crippen LogP contribution in [0.4, 0.5) is 0 Å². The molecule has 4 heteroatoms. The average Bonchev–Trinajstić information content (AvgIpc) is 2.70. The molecule has 4 heterocycles. The highest BCUT2D eigenvalue weighted by Gasteiger charge is 2.08. The van der Waals surface area contributed by atoms with E-state index in [0.29, 0.717) is 0 Å². The van der Waals surface area contributed by atoms with Crippen LogP contribution in [0.25, 0.3) is 22.5 Å². The van der Waals surface area contributed by atoms with E-state index in [-0.39, 0.29) is 0 Å². The first-order valence-corrected chi connectivity index (χ1v) is 7.74. The van der Waals surface area contributed by atoms with E-state index in [0.717, 1.165) is 11.4 Å². The van der Waals surface area contributed by atoms with Gasteiger partial charge in [-0.05, 0) is 11.1 Å². The maximum Gasteiger partial charge on any atom is 0.213 e. The second-order valence-electron chi connectivity index (χ2n) is 5.40. The van der Waals surface area contributed by atoms with Gasteiger partial charge in [0.25, 0.3) is 0 Å². The molecule has 24 heavy (non-hydrogen) atoms. The van der Waals surface area contributed by atoms with Crippen molar-refractivity contribution >= 4 is 0 Å². The molecule has 0 aromatic carbocycles. The summed E-state index contributed by atoms with van der Waals surface area (Å²) in [6.45, 7) is 0. The molecule has 0 aliphatic carbocycles. The molecule has 0 aliphatic heterocycles. The van der Waals surface area contributed by atoms with Crippen molar-refractivity contribution < 1.29 is 9.13 Å². The summed E-state index contributed by atoms with van der Waals surface area (Å²) in [6, 6.07) is 16.4. The second-order valence-corrected chi connectivity index (χ2v) is 5.40. The van der Waals surface area contributed by atoms with Gasteiger partial charge in [-0.1, -0.05) is 0 Å². The van der Waals surface area contributed by atoms with Crippen molar-refractivity contribution in [3.8, 4) is 22.5 Å². The summed E-state index contributed by atoms with van der Waals surface area (Å²) >= 11 is 0. The van der Waals surface area contributed by atoms with Crippen LogP contribution in [-0.2, 0) is 0 Å². The van der Waals surface area contributed by atoms with Gasteiger partial charge in [-0.15, -0.1) is 0 Å². The molecule has 0 bridgehead atoms. The molecule has 0 saturated heterocycles. The molecule has 4 rings (SSSR count). The van der Waals surface area contributed by atoms with Crippen LogP contribution in [0.3, 0.4) is 0 Å². The van der Waals surface area contributed by atoms with Gasteiger partial charge in [0, 0.05) is 73.3 Å². The van der Waals surface area contributed by atoms with Gasteiger partial charge in [-0.25, -0.2) is 0 Å². The molecule has 4 aromatic heterocycles. The standard InChI is InChI=1S/C20H16N4/c1-9-21-10-2-19(1)23-13-5-17(6-14-23)18-7-15-24(16-8-18)20-3-11-22-12-4-20/h1-16H/q+2. The minimum Gasteiger partial charge on any atom is -0.264 e. The van der Waals surface area contributed by atoms with Crippen LogP contribution < -0.4 is 9.13 Å². The van der Waals surface area contributed by atoms with Crippen LogP contribution in [0.2, 0.25) is 0 Å². The van der Waals surface area contributed by atoms with Gasteiger partial charge < -0.3 is 0 Å². The summed E-state index contributed by atoms with van der Waals surface area (Å²) in [5.74, 6) is 0. The van der Waals surface area contributed by atoms with E-state index in [4.69, 9.17) is 0 Å². The number of rotatable bonds is 3. The average molecular weight is 312 g/mol. The Kier molecular flexibility index (Phi) is 3.78. The van der Waals surface area contributed by atoms with Crippen molar-refractivity contribution in [2.24, 2.45) is 0 Å². The summed E-state index contributed by atoms with van der Waals surface area (Å²) in [6.07, 6.45) is 15.4. The number of hydrogen-bond donors (Lipinski definition) is 0. The van der Waals surface area contributed by atoms with Crippen LogP contribution >= 0.6 is 0 Å². The van der Waals surface area contributed by atoms with E-state index in [1.54, 1.807) is 24.8 Å². The van der Waals surface area contributed by atoms with E-state index in [1.165, 1.54) is 11.1 Å². The van der Waals surface area contributed by atoms with Gasteiger partial charge in [0.1, 0.15) is 0 Å². The van der Waals surface area contributed by atoms with Crippen molar-refractivity contribution in [2.75, 3.05) is 0 Å². The fourth-order valence-electron chi connectivity index (χ4n) is 2.61. The van der Waals surface area contributed by atoms with Crippen molar-refractivity contribution in [1.82, 2.24) is 9.97 Å². The second kappa shape index (κ2) is 6.38. The molecular weight excluding hydrogens is 296 g/mol. The lowest BCUT2D eigenvalue weighted by molar-refractivity contribution is -0.596. The molecule has 0 amide bonds. The molecule has 4 nitrogen and oxygen atoms in total. The quantitative estimate of drug-likeness (QED) is 0.545. The van der Waals surface area contributed by atoms with Gasteiger partial charge in [0.2, 0.25) is 11.4 Å². The van der Waals surface area contributed by atoms with E-state index in [1.807, 2.05) is 24.3 Å². The van der Waals surface area contributed by atoms with Crippen LogP contribution in [0.5, 0.6) is 0 Å². The first-order valence-electron chi connectivity index (χ1n) is 7.74. The largest absolute Gasteiger partial charge is 0.264 e. The van der Waals surface area contributed by atoms with Crippen LogP contribution in [-0.4, -0.2) is 9.97 Å². The Bertz CT molecular complexity index is 838. The van der Waals surface area contributed by atoms with Gasteiger partial charge in [-0.3, -0.25) is 9.97 Å². The smallest absolute Gasteiger partial charge is 0.213 e. The van der Waals surface area contributed by atoms with E-state index >= 15 is 0 Å². The van der Waals surface area contributed by atoms with Gasteiger partial charge in [-0.2, -0.15) is 9.13 Å². The Morgan fingerprint density at radius 1 is 0.458 bits per heavy atom. The van der Waals surface area contributed by atoms with Gasteiger partial charge in [0.15, 0.2) is 24.8 Å². The van der Waals surface area contributed by atoms with Crippen molar-refractivity contribution in [3.63, 3.8) is 0 Å². The summed E-state index contributed by atoms with van der Waals surface area (Å²) in [5, 5.41) is 0. The molecule has 0 N–H and O–H groups in total. The normalized spacial score (nSPS) is 10.5. The highest BCUT2D eigenvalue weighted by molar-refractivity contribution is 5.61. The molecule has 0 fully saturated rings. The lowest BCUT2D eigenvalue weighted by Crippen LogP contribution is -2.29. The Morgan fingerprint density at radius 2 is 0.792 bits per heavy atom. The van der Waals surface area contributed by atoms with E-state index in [2.05, 4.69) is 68.2 Å².